The van der Waals surface area contributed by atoms with Crippen molar-refractivity contribution in [3.8, 4) is 0 Å². The molecule has 0 radical (unpaired) electrons. The second-order valence-corrected chi connectivity index (χ2v) is 5.58. The molecule has 2 rings (SSSR count). The highest BCUT2D eigenvalue weighted by Crippen LogP contribution is 2.46. The zero-order valence-corrected chi connectivity index (χ0v) is 10.5. The summed E-state index contributed by atoms with van der Waals surface area (Å²) in [5.41, 5.74) is 6.54. The number of aliphatic hydroxyl groups excluding tert-OH is 1. The van der Waals surface area contributed by atoms with Crippen LogP contribution in [0.2, 0.25) is 0 Å². The van der Waals surface area contributed by atoms with Crippen molar-refractivity contribution >= 4 is 17.7 Å². The van der Waals surface area contributed by atoms with Crippen LogP contribution in [-0.4, -0.2) is 40.4 Å². The van der Waals surface area contributed by atoms with E-state index in [1.807, 2.05) is 11.8 Å². The molecule has 16 heavy (non-hydrogen) atoms. The van der Waals surface area contributed by atoms with E-state index >= 15 is 0 Å². The molecular formula is C11H18N2O2S. The Kier molecular flexibility index (Phi) is 3.28. The fourth-order valence-electron chi connectivity index (χ4n) is 2.54. The molecule has 90 valence electrons. The lowest BCUT2D eigenvalue weighted by Crippen LogP contribution is -2.60. The molecule has 4 nitrogen and oxygen atoms in total. The molecule has 0 unspecified atom stereocenters. The minimum Gasteiger partial charge on any atom is -0.393 e. The molecule has 5 heteroatoms. The number of aliphatic hydroxyl groups is 1. The lowest BCUT2D eigenvalue weighted by atomic mass is 9.83. The maximum absolute atomic E-state index is 11.8. The molecule has 0 saturated carbocycles. The number of β-lactam (4-membered cyclic amide) rings is 1. The zero-order chi connectivity index (χ0) is 11.9. The predicted molar refractivity (Wildman–Crippen MR) is 64.6 cm³/mol. The summed E-state index contributed by atoms with van der Waals surface area (Å²) in [4.78, 5) is 14.9. The minimum atomic E-state index is -0.541. The first-order chi connectivity index (χ1) is 7.57. The van der Waals surface area contributed by atoms with E-state index in [0.29, 0.717) is 6.54 Å². The zero-order valence-electron chi connectivity index (χ0n) is 9.64. The Morgan fingerprint density at radius 3 is 2.94 bits per heavy atom. The normalized spacial score (nSPS) is 30.5. The van der Waals surface area contributed by atoms with E-state index in [0.717, 1.165) is 17.9 Å². The van der Waals surface area contributed by atoms with E-state index in [9.17, 15) is 9.90 Å². The number of nitrogens with two attached hydrogens (primary N) is 1. The largest absolute Gasteiger partial charge is 0.393 e. The van der Waals surface area contributed by atoms with E-state index in [-0.39, 0.29) is 17.9 Å². The summed E-state index contributed by atoms with van der Waals surface area (Å²) in [5.74, 6) is 0.757. The third kappa shape index (κ3) is 1.67. The maximum atomic E-state index is 11.8. The van der Waals surface area contributed by atoms with Crippen LogP contribution in [-0.2, 0) is 4.79 Å². The van der Waals surface area contributed by atoms with Gasteiger partial charge in [0.05, 0.1) is 18.1 Å². The summed E-state index contributed by atoms with van der Waals surface area (Å²) in [5, 5.41) is 9.55. The van der Waals surface area contributed by atoms with Gasteiger partial charge in [-0.2, -0.15) is 0 Å². The summed E-state index contributed by atoms with van der Waals surface area (Å²) in [6.45, 7) is 4.33. The summed E-state index contributed by atoms with van der Waals surface area (Å²) in [6.07, 6.45) is 0.345. The number of fused-ring (bicyclic) bond motifs is 1. The second-order valence-electron chi connectivity index (χ2n) is 4.39. The molecule has 1 amide bonds. The molecule has 3 atom stereocenters. The fourth-order valence-corrected chi connectivity index (χ4v) is 3.50. The second kappa shape index (κ2) is 4.39. The first-order valence-electron chi connectivity index (χ1n) is 5.61. The van der Waals surface area contributed by atoms with Gasteiger partial charge >= 0.3 is 0 Å². The monoisotopic (exact) mass is 242 g/mol. The Bertz CT molecular complexity index is 341. The molecule has 2 heterocycles. The SMILES string of the molecule is CC1=C(SCCN)C[C@@H]2[C@@H]([C@@H](C)O)C(=O)N12. The molecule has 0 aliphatic carbocycles. The third-order valence-electron chi connectivity index (χ3n) is 3.34. The number of carbonyl (C=O) groups is 1. The van der Waals surface area contributed by atoms with Gasteiger partial charge in [0.15, 0.2) is 0 Å². The number of hydrogen-bond acceptors (Lipinski definition) is 4. The molecule has 0 aromatic carbocycles. The predicted octanol–water partition coefficient (Wildman–Crippen LogP) is 0.521. The van der Waals surface area contributed by atoms with Gasteiger partial charge in [-0.15, -0.1) is 11.8 Å². The molecule has 1 saturated heterocycles. The Morgan fingerprint density at radius 2 is 2.38 bits per heavy atom. The molecule has 0 spiro atoms. The standard InChI is InChI=1S/C11H18N2O2S/c1-6-9(16-4-3-12)5-8-10(7(2)14)11(15)13(6)8/h7-8,10,14H,3-5,12H2,1-2H3/t7-,8-,10-/m1/s1. The lowest BCUT2D eigenvalue weighted by molar-refractivity contribution is -0.157. The highest BCUT2D eigenvalue weighted by atomic mass is 32.2. The lowest BCUT2D eigenvalue weighted by Gasteiger charge is -2.45. The highest BCUT2D eigenvalue weighted by molar-refractivity contribution is 8.03. The van der Waals surface area contributed by atoms with Crippen LogP contribution in [0.25, 0.3) is 0 Å². The third-order valence-corrected chi connectivity index (χ3v) is 4.59. The van der Waals surface area contributed by atoms with Crippen LogP contribution in [0.3, 0.4) is 0 Å². The van der Waals surface area contributed by atoms with Crippen LogP contribution in [0, 0.1) is 5.92 Å². The molecule has 0 aromatic heterocycles. The fraction of sp³-hybridized carbons (Fsp3) is 0.727. The molecule has 3 N–H and O–H groups in total. The van der Waals surface area contributed by atoms with Gasteiger partial charge in [-0.05, 0) is 13.8 Å². The van der Waals surface area contributed by atoms with Gasteiger partial charge in [-0.3, -0.25) is 4.79 Å². The molecule has 0 bridgehead atoms. The van der Waals surface area contributed by atoms with Crippen molar-refractivity contribution in [2.24, 2.45) is 11.7 Å². The number of thioether (sulfide) groups is 1. The Balaban J connectivity index is 2.06. The minimum absolute atomic E-state index is 0.0702. The summed E-state index contributed by atoms with van der Waals surface area (Å²) in [7, 11) is 0. The van der Waals surface area contributed by atoms with Crippen molar-refractivity contribution in [3.63, 3.8) is 0 Å². The first-order valence-corrected chi connectivity index (χ1v) is 6.60. The molecule has 2 aliphatic rings. The van der Waals surface area contributed by atoms with Crippen LogP contribution < -0.4 is 5.73 Å². The van der Waals surface area contributed by atoms with Crippen LogP contribution >= 0.6 is 11.8 Å². The average Bonchev–Trinajstić information content (AvgIpc) is 2.47. The Morgan fingerprint density at radius 1 is 1.69 bits per heavy atom. The Hall–Kier alpha value is -0.520. The maximum Gasteiger partial charge on any atom is 0.234 e. The van der Waals surface area contributed by atoms with Gasteiger partial charge in [0.1, 0.15) is 0 Å². The van der Waals surface area contributed by atoms with Gasteiger partial charge < -0.3 is 15.7 Å². The van der Waals surface area contributed by atoms with Crippen molar-refractivity contribution in [3.05, 3.63) is 10.6 Å². The van der Waals surface area contributed by atoms with E-state index in [4.69, 9.17) is 5.73 Å². The van der Waals surface area contributed by atoms with E-state index in [1.54, 1.807) is 18.7 Å². The molecule has 2 aliphatic heterocycles. The van der Waals surface area contributed by atoms with Gasteiger partial charge in [-0.25, -0.2) is 0 Å². The quantitative estimate of drug-likeness (QED) is 0.705. The van der Waals surface area contributed by atoms with Crippen molar-refractivity contribution in [1.29, 1.82) is 0 Å². The van der Waals surface area contributed by atoms with E-state index in [2.05, 4.69) is 0 Å². The van der Waals surface area contributed by atoms with Gasteiger partial charge in [0, 0.05) is 29.3 Å². The summed E-state index contributed by atoms with van der Waals surface area (Å²) >= 11 is 1.73. The Labute approximate surface area is 99.9 Å². The van der Waals surface area contributed by atoms with Crippen molar-refractivity contribution < 1.29 is 9.90 Å². The number of rotatable bonds is 4. The van der Waals surface area contributed by atoms with Gasteiger partial charge in [0.2, 0.25) is 5.91 Å². The van der Waals surface area contributed by atoms with Gasteiger partial charge in [-0.1, -0.05) is 0 Å². The number of allylic oxidation sites excluding steroid dienone is 1. The number of nitrogens with zero attached hydrogens (tertiary/aromatic N) is 1. The summed E-state index contributed by atoms with van der Waals surface area (Å²) < 4.78 is 0. The first kappa shape index (κ1) is 12.0. The molecule has 0 aromatic rings. The van der Waals surface area contributed by atoms with Gasteiger partial charge in [0.25, 0.3) is 0 Å². The number of hydrogen-bond donors (Lipinski definition) is 2. The van der Waals surface area contributed by atoms with Crippen LogP contribution in [0.1, 0.15) is 20.3 Å². The molecule has 1 fully saturated rings. The topological polar surface area (TPSA) is 66.6 Å². The van der Waals surface area contributed by atoms with Crippen molar-refractivity contribution in [2.45, 2.75) is 32.4 Å². The van der Waals surface area contributed by atoms with Crippen molar-refractivity contribution in [2.75, 3.05) is 12.3 Å². The van der Waals surface area contributed by atoms with Crippen LogP contribution in [0.5, 0.6) is 0 Å². The number of amides is 1. The summed E-state index contributed by atoms with van der Waals surface area (Å²) in [6, 6.07) is 0.188. The van der Waals surface area contributed by atoms with Crippen LogP contribution in [0.15, 0.2) is 10.6 Å². The van der Waals surface area contributed by atoms with Crippen molar-refractivity contribution in [1.82, 2.24) is 4.90 Å². The smallest absolute Gasteiger partial charge is 0.234 e. The number of carbonyl (C=O) groups excluding carboxylic acids is 1. The van der Waals surface area contributed by atoms with E-state index < -0.39 is 6.10 Å². The molecular weight excluding hydrogens is 224 g/mol. The van der Waals surface area contributed by atoms with Crippen LogP contribution in [0.4, 0.5) is 0 Å². The van der Waals surface area contributed by atoms with E-state index in [1.165, 1.54) is 4.91 Å². The average molecular weight is 242 g/mol. The highest BCUT2D eigenvalue weighted by Gasteiger charge is 2.53.